The molecule has 0 radical (unpaired) electrons. The van der Waals surface area contributed by atoms with Crippen LogP contribution >= 0.6 is 0 Å². The van der Waals surface area contributed by atoms with Crippen LogP contribution in [-0.2, 0) is 19.1 Å². The van der Waals surface area contributed by atoms with Gasteiger partial charge in [0.1, 0.15) is 5.57 Å². The summed E-state index contributed by atoms with van der Waals surface area (Å²) in [4.78, 5) is 44.2. The fourth-order valence-corrected chi connectivity index (χ4v) is 2.41. The van der Waals surface area contributed by atoms with Crippen LogP contribution in [0.1, 0.15) is 5.56 Å². The van der Waals surface area contributed by atoms with Crippen LogP contribution in [0.25, 0.3) is 6.08 Å². The van der Waals surface area contributed by atoms with E-state index in [0.29, 0.717) is 5.56 Å². The van der Waals surface area contributed by atoms with Crippen LogP contribution in [-0.4, -0.2) is 43.1 Å². The maximum absolute atomic E-state index is 11.8. The Morgan fingerprint density at radius 2 is 1.45 bits per heavy atom. The topological polar surface area (TPSA) is 157 Å². The molecule has 2 aromatic carbocycles. The first-order valence-corrected chi connectivity index (χ1v) is 8.38. The maximum atomic E-state index is 11.8. The molecule has 0 aliphatic heterocycles. The lowest BCUT2D eigenvalue weighted by atomic mass is 10.1. The highest BCUT2D eigenvalue weighted by molar-refractivity contribution is 6.17. The van der Waals surface area contributed by atoms with Crippen molar-refractivity contribution in [1.29, 1.82) is 0 Å². The minimum atomic E-state index is -0.910. The van der Waals surface area contributed by atoms with Crippen LogP contribution in [0.15, 0.2) is 42.0 Å². The van der Waals surface area contributed by atoms with Gasteiger partial charge in [0, 0.05) is 6.07 Å². The van der Waals surface area contributed by atoms with Crippen molar-refractivity contribution in [3.05, 3.63) is 67.8 Å². The third-order valence-corrected chi connectivity index (χ3v) is 3.88. The molecule has 12 heteroatoms. The highest BCUT2D eigenvalue weighted by atomic mass is 16.6. The Kier molecular flexibility index (Phi) is 7.23. The summed E-state index contributed by atoms with van der Waals surface area (Å²) in [7, 11) is 3.52. The number of methoxy groups -OCH3 is 3. The lowest BCUT2D eigenvalue weighted by Crippen LogP contribution is -2.15. The molecule has 0 saturated heterocycles. The quantitative estimate of drug-likeness (QED) is 0.152. The second-order valence-electron chi connectivity index (χ2n) is 5.72. The van der Waals surface area contributed by atoms with Crippen molar-refractivity contribution in [1.82, 2.24) is 0 Å². The van der Waals surface area contributed by atoms with Gasteiger partial charge in [-0.05, 0) is 29.8 Å². The predicted molar refractivity (Wildman–Crippen MR) is 105 cm³/mol. The molecule has 0 aromatic heterocycles. The zero-order chi connectivity index (χ0) is 23.1. The maximum Gasteiger partial charge on any atom is 0.345 e. The van der Waals surface area contributed by atoms with E-state index in [1.807, 2.05) is 0 Å². The van der Waals surface area contributed by atoms with E-state index in [1.165, 1.54) is 31.4 Å². The molecular weight excluding hydrogens is 416 g/mol. The summed E-state index contributed by atoms with van der Waals surface area (Å²) in [5.41, 5.74) is -1.11. The number of carbonyl (C=O) groups is 2. The molecule has 31 heavy (non-hydrogen) atoms. The molecule has 0 unspecified atom stereocenters. The fourth-order valence-electron chi connectivity index (χ4n) is 2.41. The number of esters is 2. The monoisotopic (exact) mass is 432 g/mol. The molecular formula is C19H16N2O10. The third kappa shape index (κ3) is 5.32. The number of benzene rings is 2. The molecule has 0 saturated carbocycles. The first-order chi connectivity index (χ1) is 14.7. The highest BCUT2D eigenvalue weighted by Crippen LogP contribution is 2.38. The number of nitro groups is 2. The van der Waals surface area contributed by atoms with Gasteiger partial charge >= 0.3 is 17.6 Å². The number of carbonyl (C=O) groups excluding carboxylic acids is 2. The van der Waals surface area contributed by atoms with Crippen LogP contribution in [0.3, 0.4) is 0 Å². The van der Waals surface area contributed by atoms with Crippen LogP contribution in [0.4, 0.5) is 11.4 Å². The van der Waals surface area contributed by atoms with E-state index in [4.69, 9.17) is 9.47 Å². The molecule has 0 fully saturated rings. The van der Waals surface area contributed by atoms with Gasteiger partial charge < -0.3 is 18.9 Å². The van der Waals surface area contributed by atoms with Crippen molar-refractivity contribution in [3.8, 4) is 17.2 Å². The molecule has 0 aliphatic rings. The molecule has 2 aromatic rings. The summed E-state index contributed by atoms with van der Waals surface area (Å²) in [5, 5.41) is 22.1. The van der Waals surface area contributed by atoms with E-state index in [1.54, 1.807) is 0 Å². The van der Waals surface area contributed by atoms with Crippen molar-refractivity contribution in [2.45, 2.75) is 0 Å². The number of nitrogens with zero attached hydrogens (tertiary/aromatic N) is 2. The molecule has 0 spiro atoms. The van der Waals surface area contributed by atoms with Gasteiger partial charge in [-0.15, -0.1) is 0 Å². The molecule has 0 atom stereocenters. The summed E-state index contributed by atoms with van der Waals surface area (Å²) in [6.45, 7) is 0. The average molecular weight is 432 g/mol. The van der Waals surface area contributed by atoms with Crippen LogP contribution in [0, 0.1) is 20.2 Å². The summed E-state index contributed by atoms with van der Waals surface area (Å²) in [5.74, 6) is -1.91. The fraction of sp³-hybridized carbons (Fsp3) is 0.158. The summed E-state index contributed by atoms with van der Waals surface area (Å²) < 4.78 is 19.8. The Balaban J connectivity index is 2.46. The number of rotatable bonds is 8. The predicted octanol–water partition coefficient (Wildman–Crippen LogP) is 3.03. The minimum absolute atomic E-state index is 0.0503. The second kappa shape index (κ2) is 9.82. The van der Waals surface area contributed by atoms with Crippen molar-refractivity contribution < 1.29 is 38.4 Å². The number of hydrogen-bond donors (Lipinski definition) is 0. The van der Waals surface area contributed by atoms with Gasteiger partial charge in [0.2, 0.25) is 5.75 Å². The lowest BCUT2D eigenvalue weighted by molar-refractivity contribution is -0.394. The number of hydrogen-bond acceptors (Lipinski definition) is 10. The number of nitro benzene ring substituents is 2. The van der Waals surface area contributed by atoms with Crippen molar-refractivity contribution in [3.63, 3.8) is 0 Å². The molecule has 0 bridgehead atoms. The third-order valence-electron chi connectivity index (χ3n) is 3.88. The Labute approximate surface area is 174 Å². The molecule has 0 N–H and O–H groups in total. The standard InChI is InChI=1S/C19H16N2O10/c1-28-17-9-11(8-13(18(22)29-2)19(23)30-3)4-6-16(17)31-15-7-5-12(20(24)25)10-14(15)21(26)27/h4-10H,1-3H3. The van der Waals surface area contributed by atoms with Gasteiger partial charge in [0.05, 0.1) is 37.2 Å². The second-order valence-corrected chi connectivity index (χ2v) is 5.72. The first kappa shape index (κ1) is 22.8. The normalized spacial score (nSPS) is 9.90. The van der Waals surface area contributed by atoms with Crippen molar-refractivity contribution >= 4 is 29.4 Å². The van der Waals surface area contributed by atoms with Gasteiger partial charge in [-0.1, -0.05) is 6.07 Å². The SMILES string of the molecule is COC(=O)C(=Cc1ccc(Oc2ccc([N+](=O)[O-])cc2[N+](=O)[O-])c(OC)c1)C(=O)OC. The van der Waals surface area contributed by atoms with Gasteiger partial charge in [0.25, 0.3) is 5.69 Å². The Bertz CT molecular complexity index is 1060. The van der Waals surface area contributed by atoms with E-state index in [2.05, 4.69) is 9.47 Å². The van der Waals surface area contributed by atoms with E-state index < -0.39 is 33.2 Å². The van der Waals surface area contributed by atoms with E-state index in [9.17, 15) is 29.8 Å². The molecule has 0 heterocycles. The zero-order valence-electron chi connectivity index (χ0n) is 16.5. The average Bonchev–Trinajstić information content (AvgIpc) is 2.76. The summed E-state index contributed by atoms with van der Waals surface area (Å²) >= 11 is 0. The van der Waals surface area contributed by atoms with Gasteiger partial charge in [-0.3, -0.25) is 20.2 Å². The highest BCUT2D eigenvalue weighted by Gasteiger charge is 2.23. The Morgan fingerprint density at radius 1 is 0.839 bits per heavy atom. The number of ether oxygens (including phenoxy) is 4. The van der Waals surface area contributed by atoms with Gasteiger partial charge in [-0.25, -0.2) is 9.59 Å². The molecule has 0 amide bonds. The van der Waals surface area contributed by atoms with Crippen molar-refractivity contribution in [2.24, 2.45) is 0 Å². The molecule has 0 aliphatic carbocycles. The Morgan fingerprint density at radius 3 is 1.97 bits per heavy atom. The molecule has 2 rings (SSSR count). The lowest BCUT2D eigenvalue weighted by Gasteiger charge is -2.11. The van der Waals surface area contributed by atoms with Crippen molar-refractivity contribution in [2.75, 3.05) is 21.3 Å². The van der Waals surface area contributed by atoms with E-state index >= 15 is 0 Å². The first-order valence-electron chi connectivity index (χ1n) is 8.38. The number of non-ortho nitro benzene ring substituents is 1. The summed E-state index contributed by atoms with van der Waals surface area (Å²) in [6, 6.07) is 7.15. The Hall–Kier alpha value is -4.48. The summed E-state index contributed by atoms with van der Waals surface area (Å²) in [6.07, 6.45) is 1.21. The van der Waals surface area contributed by atoms with E-state index in [0.717, 1.165) is 32.4 Å². The van der Waals surface area contributed by atoms with Gasteiger partial charge in [-0.2, -0.15) is 0 Å². The molecule has 162 valence electrons. The van der Waals surface area contributed by atoms with E-state index in [-0.39, 0.29) is 22.8 Å². The smallest absolute Gasteiger partial charge is 0.345 e. The van der Waals surface area contributed by atoms with Crippen LogP contribution in [0.5, 0.6) is 17.2 Å². The van der Waals surface area contributed by atoms with Crippen LogP contribution in [0.2, 0.25) is 0 Å². The largest absolute Gasteiger partial charge is 0.493 e. The molecule has 12 nitrogen and oxygen atoms in total. The van der Waals surface area contributed by atoms with Gasteiger partial charge in [0.15, 0.2) is 11.5 Å². The zero-order valence-corrected chi connectivity index (χ0v) is 16.5. The van der Waals surface area contributed by atoms with Crippen LogP contribution < -0.4 is 9.47 Å². The minimum Gasteiger partial charge on any atom is -0.493 e.